The van der Waals surface area contributed by atoms with Gasteiger partial charge in [-0.25, -0.2) is 0 Å². The quantitative estimate of drug-likeness (QED) is 0.762. The minimum Gasteiger partial charge on any atom is -0.375 e. The lowest BCUT2D eigenvalue weighted by molar-refractivity contribution is -0.146. The summed E-state index contributed by atoms with van der Waals surface area (Å²) in [5.41, 5.74) is 0. The van der Waals surface area contributed by atoms with Crippen molar-refractivity contribution in [3.63, 3.8) is 0 Å². The largest absolute Gasteiger partial charge is 0.375 e. The first-order valence-corrected chi connectivity index (χ1v) is 7.10. The first kappa shape index (κ1) is 12.4. The van der Waals surface area contributed by atoms with Gasteiger partial charge in [0.2, 0.25) is 5.91 Å². The second-order valence-corrected chi connectivity index (χ2v) is 5.39. The lowest BCUT2D eigenvalue weighted by Gasteiger charge is -2.36. The third kappa shape index (κ3) is 2.53. The van der Waals surface area contributed by atoms with E-state index in [9.17, 15) is 4.79 Å². The summed E-state index contributed by atoms with van der Waals surface area (Å²) in [7, 11) is 0. The van der Waals surface area contributed by atoms with E-state index in [1.165, 1.54) is 0 Å². The molecular weight excluding hydrogens is 232 g/mol. The topological polar surface area (TPSA) is 50.8 Å². The molecule has 0 spiro atoms. The minimum absolute atomic E-state index is 0.0354. The molecule has 0 radical (unpaired) electrons. The highest BCUT2D eigenvalue weighted by atomic mass is 16.5. The highest BCUT2D eigenvalue weighted by molar-refractivity contribution is 5.82. The minimum atomic E-state index is 0.0354. The Hall–Kier alpha value is -0.650. The van der Waals surface area contributed by atoms with Crippen molar-refractivity contribution in [3.05, 3.63) is 0 Å². The zero-order chi connectivity index (χ0) is 12.4. The van der Waals surface area contributed by atoms with Gasteiger partial charge in [-0.3, -0.25) is 4.79 Å². The Bertz CT molecular complexity index is 299. The van der Waals surface area contributed by atoms with Gasteiger partial charge in [0.1, 0.15) is 6.10 Å². The summed E-state index contributed by atoms with van der Waals surface area (Å²) in [6.45, 7) is 3.86. The van der Waals surface area contributed by atoms with Crippen LogP contribution in [0.2, 0.25) is 0 Å². The molecule has 3 rings (SSSR count). The van der Waals surface area contributed by atoms with Crippen LogP contribution in [0, 0.1) is 0 Å². The number of ether oxygens (including phenoxy) is 2. The summed E-state index contributed by atoms with van der Waals surface area (Å²) >= 11 is 0. The number of carbonyl (C=O) groups excluding carboxylic acids is 1. The van der Waals surface area contributed by atoms with E-state index in [1.54, 1.807) is 0 Å². The molecule has 5 heteroatoms. The first-order chi connectivity index (χ1) is 8.84. The average molecular weight is 254 g/mol. The Morgan fingerprint density at radius 1 is 1.11 bits per heavy atom. The van der Waals surface area contributed by atoms with Crippen molar-refractivity contribution in [1.82, 2.24) is 10.2 Å². The van der Waals surface area contributed by atoms with E-state index in [0.717, 1.165) is 45.4 Å². The number of nitrogens with one attached hydrogen (secondary N) is 1. The fraction of sp³-hybridized carbons (Fsp3) is 0.923. The third-order valence-electron chi connectivity index (χ3n) is 4.14. The van der Waals surface area contributed by atoms with Gasteiger partial charge in [-0.1, -0.05) is 0 Å². The Labute approximate surface area is 108 Å². The van der Waals surface area contributed by atoms with Crippen LogP contribution in [0.3, 0.4) is 0 Å². The number of rotatable bonds is 2. The molecule has 5 nitrogen and oxygen atoms in total. The van der Waals surface area contributed by atoms with E-state index >= 15 is 0 Å². The summed E-state index contributed by atoms with van der Waals surface area (Å²) in [6.07, 6.45) is 4.53. The normalized spacial score (nSPS) is 37.1. The molecule has 0 aromatic rings. The van der Waals surface area contributed by atoms with Gasteiger partial charge in [0, 0.05) is 19.7 Å². The fourth-order valence-electron chi connectivity index (χ4n) is 3.11. The smallest absolute Gasteiger partial charge is 0.239 e. The maximum absolute atomic E-state index is 12.3. The van der Waals surface area contributed by atoms with Crippen LogP contribution in [-0.4, -0.2) is 61.9 Å². The maximum Gasteiger partial charge on any atom is 0.239 e. The van der Waals surface area contributed by atoms with Crippen LogP contribution >= 0.6 is 0 Å². The van der Waals surface area contributed by atoms with Crippen molar-refractivity contribution in [2.75, 3.05) is 32.8 Å². The zero-order valence-corrected chi connectivity index (χ0v) is 10.8. The number of hydrogen-bond donors (Lipinski definition) is 1. The monoisotopic (exact) mass is 254 g/mol. The van der Waals surface area contributed by atoms with E-state index in [2.05, 4.69) is 5.32 Å². The molecule has 0 aromatic carbocycles. The molecule has 3 aliphatic rings. The molecule has 3 saturated heterocycles. The molecule has 102 valence electrons. The first-order valence-electron chi connectivity index (χ1n) is 7.10. The van der Waals surface area contributed by atoms with E-state index in [0.29, 0.717) is 13.2 Å². The average Bonchev–Trinajstić information content (AvgIpc) is 3.11. The van der Waals surface area contributed by atoms with Crippen molar-refractivity contribution < 1.29 is 14.3 Å². The Morgan fingerprint density at radius 2 is 2.00 bits per heavy atom. The van der Waals surface area contributed by atoms with Crippen LogP contribution in [0.1, 0.15) is 25.7 Å². The predicted octanol–water partition coefficient (Wildman–Crippen LogP) is 0.145. The van der Waals surface area contributed by atoms with E-state index < -0.39 is 0 Å². The van der Waals surface area contributed by atoms with Crippen LogP contribution in [0.25, 0.3) is 0 Å². The number of nitrogens with zero attached hydrogens (tertiary/aromatic N) is 1. The second kappa shape index (κ2) is 5.55. The summed E-state index contributed by atoms with van der Waals surface area (Å²) in [5, 5.41) is 3.27. The van der Waals surface area contributed by atoms with Gasteiger partial charge in [0.05, 0.1) is 18.8 Å². The summed E-state index contributed by atoms with van der Waals surface area (Å²) in [6, 6.07) is 0.0354. The van der Waals surface area contributed by atoms with Gasteiger partial charge in [-0.2, -0.15) is 0 Å². The number of carbonyl (C=O) groups is 1. The van der Waals surface area contributed by atoms with Crippen molar-refractivity contribution in [2.24, 2.45) is 0 Å². The molecule has 1 N–H and O–H groups in total. The van der Waals surface area contributed by atoms with Crippen molar-refractivity contribution >= 4 is 5.91 Å². The molecule has 1 amide bonds. The third-order valence-corrected chi connectivity index (χ3v) is 4.14. The van der Waals surface area contributed by atoms with Gasteiger partial charge in [0.25, 0.3) is 0 Å². The van der Waals surface area contributed by atoms with Crippen molar-refractivity contribution in [1.29, 1.82) is 0 Å². The highest BCUT2D eigenvalue weighted by Crippen LogP contribution is 2.21. The molecule has 0 saturated carbocycles. The molecule has 3 heterocycles. The molecule has 18 heavy (non-hydrogen) atoms. The lowest BCUT2D eigenvalue weighted by Crippen LogP contribution is -2.53. The lowest BCUT2D eigenvalue weighted by atomic mass is 10.1. The SMILES string of the molecule is O=C([C@@H]1CCCN1)N1CCO[C@@H]([C@@H]2CCCO2)C1. The molecule has 0 aliphatic carbocycles. The second-order valence-electron chi connectivity index (χ2n) is 5.39. The molecule has 0 bridgehead atoms. The van der Waals surface area contributed by atoms with Gasteiger partial charge < -0.3 is 19.7 Å². The standard InChI is InChI=1S/C13H22N2O3/c16-13(10-3-1-5-14-10)15-6-8-18-12(9-15)11-4-2-7-17-11/h10-12,14H,1-9H2/t10-,11-,12+/m0/s1. The van der Waals surface area contributed by atoms with Crippen molar-refractivity contribution in [2.45, 2.75) is 43.9 Å². The van der Waals surface area contributed by atoms with Crippen molar-refractivity contribution in [3.8, 4) is 0 Å². The fourth-order valence-corrected chi connectivity index (χ4v) is 3.11. The molecule has 3 fully saturated rings. The number of morpholine rings is 1. The van der Waals surface area contributed by atoms with E-state index in [-0.39, 0.29) is 24.2 Å². The summed E-state index contributed by atoms with van der Waals surface area (Å²) in [4.78, 5) is 14.3. The number of hydrogen-bond acceptors (Lipinski definition) is 4. The molecule has 0 aromatic heterocycles. The predicted molar refractivity (Wildman–Crippen MR) is 66.3 cm³/mol. The summed E-state index contributed by atoms with van der Waals surface area (Å²) in [5.74, 6) is 0.249. The molecule has 3 atom stereocenters. The van der Waals surface area contributed by atoms with Gasteiger partial charge in [-0.05, 0) is 32.2 Å². The van der Waals surface area contributed by atoms with E-state index in [4.69, 9.17) is 9.47 Å². The Morgan fingerprint density at radius 3 is 2.72 bits per heavy atom. The van der Waals surface area contributed by atoms with Crippen LogP contribution in [-0.2, 0) is 14.3 Å². The summed E-state index contributed by atoms with van der Waals surface area (Å²) < 4.78 is 11.4. The molecule has 3 aliphatic heterocycles. The molecule has 0 unspecified atom stereocenters. The van der Waals surface area contributed by atoms with Crippen LogP contribution in [0.4, 0.5) is 0 Å². The van der Waals surface area contributed by atoms with Crippen LogP contribution in [0.5, 0.6) is 0 Å². The van der Waals surface area contributed by atoms with Gasteiger partial charge >= 0.3 is 0 Å². The van der Waals surface area contributed by atoms with Crippen LogP contribution in [0.15, 0.2) is 0 Å². The van der Waals surface area contributed by atoms with E-state index in [1.807, 2.05) is 4.90 Å². The van der Waals surface area contributed by atoms with Gasteiger partial charge in [-0.15, -0.1) is 0 Å². The van der Waals surface area contributed by atoms with Crippen LogP contribution < -0.4 is 5.32 Å². The molecular formula is C13H22N2O3. The Balaban J connectivity index is 1.57. The number of amides is 1. The zero-order valence-electron chi connectivity index (χ0n) is 10.8. The maximum atomic E-state index is 12.3. The van der Waals surface area contributed by atoms with Gasteiger partial charge in [0.15, 0.2) is 0 Å². The highest BCUT2D eigenvalue weighted by Gasteiger charge is 2.35. The Kier molecular flexibility index (Phi) is 3.82.